The van der Waals surface area contributed by atoms with Gasteiger partial charge in [0, 0.05) is 23.9 Å². The van der Waals surface area contributed by atoms with Crippen LogP contribution in [0.15, 0.2) is 22.7 Å². The van der Waals surface area contributed by atoms with Gasteiger partial charge in [0.1, 0.15) is 10.8 Å². The fourth-order valence-electron chi connectivity index (χ4n) is 1.71. The third kappa shape index (κ3) is 2.85. The van der Waals surface area contributed by atoms with Crippen LogP contribution in [-0.4, -0.2) is 10.1 Å². The first-order valence-corrected chi connectivity index (χ1v) is 5.96. The van der Waals surface area contributed by atoms with Gasteiger partial charge in [0.25, 0.3) is 5.69 Å². The molecule has 0 aliphatic carbocycles. The number of nitrogens with zero attached hydrogens (tertiary/aromatic N) is 2. The van der Waals surface area contributed by atoms with E-state index in [1.807, 2.05) is 13.8 Å². The van der Waals surface area contributed by atoms with Crippen LogP contribution in [0.2, 0.25) is 5.02 Å². The van der Waals surface area contributed by atoms with Crippen LogP contribution in [0.5, 0.6) is 0 Å². The predicted octanol–water partition coefficient (Wildman–Crippen LogP) is 3.47. The van der Waals surface area contributed by atoms with Gasteiger partial charge in [-0.1, -0.05) is 16.8 Å². The molecule has 0 bridgehead atoms. The topological polar surface area (TPSA) is 81.2 Å². The summed E-state index contributed by atoms with van der Waals surface area (Å²) in [5, 5.41) is 17.8. The largest absolute Gasteiger partial charge is 0.381 e. The number of aromatic nitrogens is 1. The number of benzene rings is 1. The summed E-state index contributed by atoms with van der Waals surface area (Å²) in [5.41, 5.74) is 2.24. The number of hydrogen-bond donors (Lipinski definition) is 1. The normalized spacial score (nSPS) is 10.5. The van der Waals surface area contributed by atoms with Crippen molar-refractivity contribution in [1.29, 1.82) is 0 Å². The van der Waals surface area contributed by atoms with E-state index in [9.17, 15) is 10.1 Å². The molecule has 0 radical (unpaired) electrons. The van der Waals surface area contributed by atoms with Crippen molar-refractivity contribution in [2.75, 3.05) is 5.32 Å². The van der Waals surface area contributed by atoms with E-state index in [-0.39, 0.29) is 10.7 Å². The summed E-state index contributed by atoms with van der Waals surface area (Å²) in [4.78, 5) is 10.3. The Morgan fingerprint density at radius 3 is 2.79 bits per heavy atom. The molecule has 19 heavy (non-hydrogen) atoms. The van der Waals surface area contributed by atoms with Crippen molar-refractivity contribution in [1.82, 2.24) is 5.16 Å². The summed E-state index contributed by atoms with van der Waals surface area (Å²) in [5.74, 6) is 0.730. The fraction of sp³-hybridized carbons (Fsp3) is 0.250. The second-order valence-corrected chi connectivity index (χ2v) is 4.49. The minimum atomic E-state index is -0.510. The Bertz CT molecular complexity index is 605. The molecule has 7 heteroatoms. The molecule has 0 aliphatic heterocycles. The van der Waals surface area contributed by atoms with Gasteiger partial charge in [-0.3, -0.25) is 10.1 Å². The van der Waals surface area contributed by atoms with E-state index in [2.05, 4.69) is 10.5 Å². The summed E-state index contributed by atoms with van der Waals surface area (Å²) in [6.45, 7) is 4.15. The van der Waals surface area contributed by atoms with Crippen LogP contribution in [0.25, 0.3) is 0 Å². The fourth-order valence-corrected chi connectivity index (χ4v) is 1.89. The number of nitrogens with one attached hydrogen (secondary N) is 1. The minimum absolute atomic E-state index is 0.118. The Labute approximate surface area is 114 Å². The first-order chi connectivity index (χ1) is 8.99. The van der Waals surface area contributed by atoms with E-state index in [4.69, 9.17) is 16.1 Å². The third-order valence-electron chi connectivity index (χ3n) is 2.79. The zero-order chi connectivity index (χ0) is 14.0. The number of nitro groups is 1. The number of aryl methyl sites for hydroxylation is 2. The Morgan fingerprint density at radius 2 is 2.21 bits per heavy atom. The van der Waals surface area contributed by atoms with E-state index in [0.29, 0.717) is 12.2 Å². The van der Waals surface area contributed by atoms with E-state index in [1.165, 1.54) is 12.1 Å². The monoisotopic (exact) mass is 281 g/mol. The van der Waals surface area contributed by atoms with Gasteiger partial charge in [0.05, 0.1) is 10.6 Å². The van der Waals surface area contributed by atoms with Gasteiger partial charge < -0.3 is 9.84 Å². The van der Waals surface area contributed by atoms with Crippen molar-refractivity contribution < 1.29 is 9.45 Å². The lowest BCUT2D eigenvalue weighted by Crippen LogP contribution is -2.02. The molecule has 0 aliphatic rings. The van der Waals surface area contributed by atoms with E-state index in [1.54, 1.807) is 6.07 Å². The molecule has 6 nitrogen and oxygen atoms in total. The van der Waals surface area contributed by atoms with Crippen molar-refractivity contribution in [3.05, 3.63) is 50.4 Å². The second kappa shape index (κ2) is 5.27. The van der Waals surface area contributed by atoms with Crippen LogP contribution in [0.3, 0.4) is 0 Å². The zero-order valence-corrected chi connectivity index (χ0v) is 11.2. The van der Waals surface area contributed by atoms with Gasteiger partial charge in [-0.15, -0.1) is 0 Å². The van der Waals surface area contributed by atoms with Gasteiger partial charge in [-0.05, 0) is 26.0 Å². The van der Waals surface area contributed by atoms with Crippen molar-refractivity contribution >= 4 is 23.0 Å². The van der Waals surface area contributed by atoms with Gasteiger partial charge >= 0.3 is 0 Å². The first kappa shape index (κ1) is 13.4. The highest BCUT2D eigenvalue weighted by atomic mass is 35.5. The third-order valence-corrected chi connectivity index (χ3v) is 3.11. The standard InChI is InChI=1S/C12H12ClN3O3/c1-7-10(8(2)19-15-7)6-14-9-3-4-11(13)12(5-9)16(17)18/h3-5,14H,6H2,1-2H3. The maximum Gasteiger partial charge on any atom is 0.289 e. The Morgan fingerprint density at radius 1 is 1.47 bits per heavy atom. The van der Waals surface area contributed by atoms with Gasteiger partial charge in [-0.2, -0.15) is 0 Å². The molecule has 0 saturated heterocycles. The van der Waals surface area contributed by atoms with Crippen LogP contribution >= 0.6 is 11.6 Å². The quantitative estimate of drug-likeness (QED) is 0.685. The molecular weight excluding hydrogens is 270 g/mol. The highest BCUT2D eigenvalue weighted by Gasteiger charge is 2.13. The maximum atomic E-state index is 10.8. The predicted molar refractivity (Wildman–Crippen MR) is 71.4 cm³/mol. The molecule has 0 unspecified atom stereocenters. The minimum Gasteiger partial charge on any atom is -0.381 e. The molecular formula is C12H12ClN3O3. The Balaban J connectivity index is 2.16. The summed E-state index contributed by atoms with van der Waals surface area (Å²) in [6, 6.07) is 4.59. The van der Waals surface area contributed by atoms with E-state index < -0.39 is 4.92 Å². The van der Waals surface area contributed by atoms with Crippen LogP contribution in [0.1, 0.15) is 17.0 Å². The molecule has 100 valence electrons. The molecule has 2 aromatic rings. The molecule has 1 heterocycles. The SMILES string of the molecule is Cc1noc(C)c1CNc1ccc(Cl)c([N+](=O)[O-])c1. The lowest BCUT2D eigenvalue weighted by molar-refractivity contribution is -0.384. The number of nitro benzene ring substituents is 1. The molecule has 1 aromatic carbocycles. The van der Waals surface area contributed by atoms with Gasteiger partial charge in [0.2, 0.25) is 0 Å². The van der Waals surface area contributed by atoms with Gasteiger partial charge in [-0.25, -0.2) is 0 Å². The molecule has 0 atom stereocenters. The second-order valence-electron chi connectivity index (χ2n) is 4.08. The summed E-state index contributed by atoms with van der Waals surface area (Å²) in [6.07, 6.45) is 0. The number of halogens is 1. The maximum absolute atomic E-state index is 10.8. The van der Waals surface area contributed by atoms with Crippen molar-refractivity contribution in [3.63, 3.8) is 0 Å². The van der Waals surface area contributed by atoms with Crippen molar-refractivity contribution in [2.24, 2.45) is 0 Å². The molecule has 2 rings (SSSR count). The zero-order valence-electron chi connectivity index (χ0n) is 10.4. The molecule has 0 amide bonds. The van der Waals surface area contributed by atoms with E-state index in [0.717, 1.165) is 17.0 Å². The highest BCUT2D eigenvalue weighted by molar-refractivity contribution is 6.32. The summed E-state index contributed by atoms with van der Waals surface area (Å²) in [7, 11) is 0. The van der Waals surface area contributed by atoms with E-state index >= 15 is 0 Å². The average Bonchev–Trinajstić information content (AvgIpc) is 2.68. The molecule has 1 N–H and O–H groups in total. The summed E-state index contributed by atoms with van der Waals surface area (Å²) < 4.78 is 5.05. The van der Waals surface area contributed by atoms with Crippen LogP contribution in [0.4, 0.5) is 11.4 Å². The summed E-state index contributed by atoms with van der Waals surface area (Å²) >= 11 is 5.75. The molecule has 0 saturated carbocycles. The lowest BCUT2D eigenvalue weighted by atomic mass is 10.2. The number of anilines is 1. The van der Waals surface area contributed by atoms with Crippen LogP contribution < -0.4 is 5.32 Å². The lowest BCUT2D eigenvalue weighted by Gasteiger charge is -2.06. The molecule has 0 spiro atoms. The van der Waals surface area contributed by atoms with Crippen molar-refractivity contribution in [2.45, 2.75) is 20.4 Å². The average molecular weight is 282 g/mol. The smallest absolute Gasteiger partial charge is 0.289 e. The van der Waals surface area contributed by atoms with Crippen LogP contribution in [-0.2, 0) is 6.54 Å². The number of hydrogen-bond acceptors (Lipinski definition) is 5. The Kier molecular flexibility index (Phi) is 3.71. The number of rotatable bonds is 4. The van der Waals surface area contributed by atoms with Crippen LogP contribution in [0, 0.1) is 24.0 Å². The Hall–Kier alpha value is -2.08. The molecule has 0 fully saturated rings. The van der Waals surface area contributed by atoms with Crippen molar-refractivity contribution in [3.8, 4) is 0 Å². The molecule has 1 aromatic heterocycles. The van der Waals surface area contributed by atoms with Gasteiger partial charge in [0.15, 0.2) is 0 Å². The first-order valence-electron chi connectivity index (χ1n) is 5.58. The highest BCUT2D eigenvalue weighted by Crippen LogP contribution is 2.27.